The maximum absolute atomic E-state index is 12.4. The van der Waals surface area contributed by atoms with Crippen molar-refractivity contribution in [1.82, 2.24) is 4.31 Å². The molecule has 0 radical (unpaired) electrons. The topological polar surface area (TPSA) is 50.5 Å². The van der Waals surface area contributed by atoms with Crippen LogP contribution in [0.2, 0.25) is 0 Å². The highest BCUT2D eigenvalue weighted by Gasteiger charge is 2.22. The van der Waals surface area contributed by atoms with Gasteiger partial charge in [-0.25, -0.2) is 8.42 Å². The quantitative estimate of drug-likeness (QED) is 0.853. The first-order valence-corrected chi connectivity index (χ1v) is 7.00. The zero-order chi connectivity index (χ0) is 13.2. The fourth-order valence-corrected chi connectivity index (χ4v) is 3.08. The standard InChI is InChI=1S/C13H15NO3S/c1-11-6-3-4-8-13(11)18(15,16)14(2)10-12-7-5-9-17-12/h3-9H,10H2,1-2H3. The Morgan fingerprint density at radius 3 is 2.50 bits per heavy atom. The van der Waals surface area contributed by atoms with E-state index in [0.29, 0.717) is 10.7 Å². The van der Waals surface area contributed by atoms with Gasteiger partial charge in [-0.15, -0.1) is 0 Å². The first-order valence-electron chi connectivity index (χ1n) is 5.56. The lowest BCUT2D eigenvalue weighted by atomic mass is 10.2. The third-order valence-corrected chi connectivity index (χ3v) is 4.70. The largest absolute Gasteiger partial charge is 0.468 e. The van der Waals surface area contributed by atoms with E-state index in [2.05, 4.69) is 0 Å². The van der Waals surface area contributed by atoms with Crippen molar-refractivity contribution >= 4 is 10.0 Å². The van der Waals surface area contributed by atoms with Gasteiger partial charge in [-0.2, -0.15) is 4.31 Å². The second kappa shape index (κ2) is 4.96. The van der Waals surface area contributed by atoms with Crippen molar-refractivity contribution in [2.75, 3.05) is 7.05 Å². The molecule has 96 valence electrons. The van der Waals surface area contributed by atoms with Gasteiger partial charge in [0.25, 0.3) is 0 Å². The van der Waals surface area contributed by atoms with E-state index in [4.69, 9.17) is 4.42 Å². The zero-order valence-corrected chi connectivity index (χ0v) is 11.1. The Kier molecular flexibility index (Phi) is 3.54. The summed E-state index contributed by atoms with van der Waals surface area (Å²) in [5.74, 6) is 0.620. The fourth-order valence-electron chi connectivity index (χ4n) is 1.72. The predicted octanol–water partition coefficient (Wildman–Crippen LogP) is 2.41. The molecule has 0 aliphatic carbocycles. The molecule has 0 saturated heterocycles. The molecule has 0 aliphatic heterocycles. The maximum Gasteiger partial charge on any atom is 0.243 e. The van der Waals surface area contributed by atoms with Crippen LogP contribution in [0.4, 0.5) is 0 Å². The van der Waals surface area contributed by atoms with Crippen molar-refractivity contribution in [3.05, 3.63) is 54.0 Å². The van der Waals surface area contributed by atoms with Gasteiger partial charge in [0.15, 0.2) is 0 Å². The molecule has 0 N–H and O–H groups in total. The summed E-state index contributed by atoms with van der Waals surface area (Å²) >= 11 is 0. The highest BCUT2D eigenvalue weighted by molar-refractivity contribution is 7.89. The average molecular weight is 265 g/mol. The summed E-state index contributed by atoms with van der Waals surface area (Å²) in [5.41, 5.74) is 0.740. The first-order chi connectivity index (χ1) is 8.51. The van der Waals surface area contributed by atoms with Crippen LogP contribution >= 0.6 is 0 Å². The second-order valence-corrected chi connectivity index (χ2v) is 6.12. The molecule has 2 aromatic rings. The number of hydrogen-bond donors (Lipinski definition) is 0. The number of sulfonamides is 1. The lowest BCUT2D eigenvalue weighted by Gasteiger charge is -2.17. The van der Waals surface area contributed by atoms with Crippen LogP contribution in [0.5, 0.6) is 0 Å². The molecule has 1 aromatic carbocycles. The molecule has 0 bridgehead atoms. The SMILES string of the molecule is Cc1ccccc1S(=O)(=O)N(C)Cc1ccco1. The molecule has 1 aromatic heterocycles. The minimum atomic E-state index is -3.47. The van der Waals surface area contributed by atoms with Crippen LogP contribution in [0, 0.1) is 6.92 Å². The predicted molar refractivity (Wildman–Crippen MR) is 68.5 cm³/mol. The summed E-state index contributed by atoms with van der Waals surface area (Å²) in [6.45, 7) is 2.01. The van der Waals surface area contributed by atoms with Crippen molar-refractivity contribution in [1.29, 1.82) is 0 Å². The number of benzene rings is 1. The molecular formula is C13H15NO3S. The van der Waals surface area contributed by atoms with Crippen molar-refractivity contribution < 1.29 is 12.8 Å². The van der Waals surface area contributed by atoms with Gasteiger partial charge in [-0.3, -0.25) is 0 Å². The van der Waals surface area contributed by atoms with Gasteiger partial charge in [0, 0.05) is 7.05 Å². The van der Waals surface area contributed by atoms with Gasteiger partial charge < -0.3 is 4.42 Å². The van der Waals surface area contributed by atoms with Gasteiger partial charge >= 0.3 is 0 Å². The van der Waals surface area contributed by atoms with E-state index in [1.807, 2.05) is 6.07 Å². The monoisotopic (exact) mass is 265 g/mol. The van der Waals surface area contributed by atoms with Gasteiger partial charge in [-0.05, 0) is 30.7 Å². The van der Waals surface area contributed by atoms with Crippen molar-refractivity contribution in [3.8, 4) is 0 Å². The van der Waals surface area contributed by atoms with Crippen LogP contribution in [-0.4, -0.2) is 19.8 Å². The van der Waals surface area contributed by atoms with E-state index in [9.17, 15) is 8.42 Å². The molecule has 1 heterocycles. The smallest absolute Gasteiger partial charge is 0.243 e. The van der Waals surface area contributed by atoms with E-state index >= 15 is 0 Å². The minimum Gasteiger partial charge on any atom is -0.468 e. The minimum absolute atomic E-state index is 0.226. The van der Waals surface area contributed by atoms with E-state index in [1.54, 1.807) is 44.3 Å². The molecule has 0 amide bonds. The molecule has 0 saturated carbocycles. The molecule has 0 unspecified atom stereocenters. The van der Waals surface area contributed by atoms with E-state index in [1.165, 1.54) is 10.6 Å². The Morgan fingerprint density at radius 1 is 1.17 bits per heavy atom. The van der Waals surface area contributed by atoms with E-state index < -0.39 is 10.0 Å². The third kappa shape index (κ3) is 2.47. The van der Waals surface area contributed by atoms with E-state index in [-0.39, 0.29) is 6.54 Å². The Bertz CT molecular complexity index is 617. The number of rotatable bonds is 4. The average Bonchev–Trinajstić information content (AvgIpc) is 2.82. The lowest BCUT2D eigenvalue weighted by Crippen LogP contribution is -2.26. The Hall–Kier alpha value is -1.59. The first kappa shape index (κ1) is 12.9. The summed E-state index contributed by atoms with van der Waals surface area (Å²) < 4.78 is 31.2. The highest BCUT2D eigenvalue weighted by atomic mass is 32.2. The fraction of sp³-hybridized carbons (Fsp3) is 0.231. The highest BCUT2D eigenvalue weighted by Crippen LogP contribution is 2.20. The summed E-state index contributed by atoms with van der Waals surface area (Å²) in [7, 11) is -1.93. The summed E-state index contributed by atoms with van der Waals surface area (Å²) in [5, 5.41) is 0. The van der Waals surface area contributed by atoms with Crippen molar-refractivity contribution in [3.63, 3.8) is 0 Å². The van der Waals surface area contributed by atoms with Gasteiger partial charge in [-0.1, -0.05) is 18.2 Å². The summed E-state index contributed by atoms with van der Waals surface area (Å²) in [6.07, 6.45) is 1.53. The molecular weight excluding hydrogens is 250 g/mol. The second-order valence-electron chi connectivity index (χ2n) is 4.11. The molecule has 0 spiro atoms. The van der Waals surface area contributed by atoms with Gasteiger partial charge in [0.1, 0.15) is 5.76 Å². The summed E-state index contributed by atoms with van der Waals surface area (Å²) in [4.78, 5) is 0.332. The molecule has 5 heteroatoms. The van der Waals surface area contributed by atoms with Crippen molar-refractivity contribution in [2.24, 2.45) is 0 Å². The Labute approximate surface area is 107 Å². The van der Waals surface area contributed by atoms with Crippen LogP contribution in [0.3, 0.4) is 0 Å². The third-order valence-electron chi connectivity index (χ3n) is 2.74. The van der Waals surface area contributed by atoms with Crippen LogP contribution in [0.25, 0.3) is 0 Å². The van der Waals surface area contributed by atoms with E-state index in [0.717, 1.165) is 5.56 Å². The molecule has 0 aliphatic rings. The number of hydrogen-bond acceptors (Lipinski definition) is 3. The van der Waals surface area contributed by atoms with Gasteiger partial charge in [0.05, 0.1) is 17.7 Å². The van der Waals surface area contributed by atoms with Crippen LogP contribution < -0.4 is 0 Å². The molecule has 4 nitrogen and oxygen atoms in total. The van der Waals surface area contributed by atoms with Crippen molar-refractivity contribution in [2.45, 2.75) is 18.4 Å². The Morgan fingerprint density at radius 2 is 1.89 bits per heavy atom. The normalized spacial score (nSPS) is 11.9. The molecule has 0 atom stereocenters. The van der Waals surface area contributed by atoms with Crippen LogP contribution in [-0.2, 0) is 16.6 Å². The van der Waals surface area contributed by atoms with Crippen LogP contribution in [0.1, 0.15) is 11.3 Å². The lowest BCUT2D eigenvalue weighted by molar-refractivity contribution is 0.406. The number of aryl methyl sites for hydroxylation is 1. The van der Waals surface area contributed by atoms with Gasteiger partial charge in [0.2, 0.25) is 10.0 Å². The number of furan rings is 1. The Balaban J connectivity index is 2.29. The van der Waals surface area contributed by atoms with Crippen LogP contribution in [0.15, 0.2) is 52.0 Å². The summed E-state index contributed by atoms with van der Waals surface area (Å²) in [6, 6.07) is 10.4. The molecule has 2 rings (SSSR count). The maximum atomic E-state index is 12.4. The molecule has 18 heavy (non-hydrogen) atoms. The number of nitrogens with zero attached hydrogens (tertiary/aromatic N) is 1. The molecule has 0 fully saturated rings. The zero-order valence-electron chi connectivity index (χ0n) is 10.3.